The summed E-state index contributed by atoms with van der Waals surface area (Å²) < 4.78 is 15.8. The van der Waals surface area contributed by atoms with E-state index in [2.05, 4.69) is 18.7 Å². The zero-order valence-electron chi connectivity index (χ0n) is 12.6. The minimum Gasteiger partial charge on any atom is -0.383 e. The Labute approximate surface area is 112 Å². The largest absolute Gasteiger partial charge is 0.383 e. The van der Waals surface area contributed by atoms with Crippen molar-refractivity contribution in [3.05, 3.63) is 0 Å². The van der Waals surface area contributed by atoms with Gasteiger partial charge in [0, 0.05) is 40.5 Å². The van der Waals surface area contributed by atoms with Crippen LogP contribution in [-0.4, -0.2) is 70.7 Å². The van der Waals surface area contributed by atoms with Gasteiger partial charge in [0.15, 0.2) is 0 Å². The molecule has 0 aromatic heterocycles. The van der Waals surface area contributed by atoms with E-state index in [1.807, 2.05) is 0 Å². The molecule has 0 amide bonds. The minimum absolute atomic E-state index is 0.148. The van der Waals surface area contributed by atoms with Gasteiger partial charge in [-0.1, -0.05) is 6.92 Å². The molecular weight excluding hydrogens is 232 g/mol. The van der Waals surface area contributed by atoms with Crippen molar-refractivity contribution >= 4 is 0 Å². The summed E-state index contributed by atoms with van der Waals surface area (Å²) in [7, 11) is 5.15. The van der Waals surface area contributed by atoms with Gasteiger partial charge in [-0.3, -0.25) is 4.90 Å². The molecule has 0 fully saturated rings. The van der Waals surface area contributed by atoms with E-state index < -0.39 is 0 Å². The second-order valence-corrected chi connectivity index (χ2v) is 4.71. The highest BCUT2D eigenvalue weighted by Crippen LogP contribution is 2.22. The van der Waals surface area contributed by atoms with Crippen LogP contribution in [0.5, 0.6) is 0 Å². The van der Waals surface area contributed by atoms with Crippen molar-refractivity contribution in [1.82, 2.24) is 4.90 Å². The lowest BCUT2D eigenvalue weighted by atomic mass is 9.93. The summed E-state index contributed by atoms with van der Waals surface area (Å²) in [4.78, 5) is 2.35. The van der Waals surface area contributed by atoms with Crippen molar-refractivity contribution in [2.75, 3.05) is 54.2 Å². The van der Waals surface area contributed by atoms with Crippen LogP contribution in [0.25, 0.3) is 0 Å². The average Bonchev–Trinajstić information content (AvgIpc) is 2.38. The fourth-order valence-corrected chi connectivity index (χ4v) is 2.42. The molecule has 0 aliphatic carbocycles. The van der Waals surface area contributed by atoms with Gasteiger partial charge in [-0.15, -0.1) is 0 Å². The number of nitrogens with two attached hydrogens (primary N) is 1. The number of hydrogen-bond acceptors (Lipinski definition) is 5. The van der Waals surface area contributed by atoms with E-state index >= 15 is 0 Å². The van der Waals surface area contributed by atoms with Gasteiger partial charge in [0.25, 0.3) is 0 Å². The molecule has 0 spiro atoms. The molecule has 18 heavy (non-hydrogen) atoms. The van der Waals surface area contributed by atoms with Crippen LogP contribution in [0.2, 0.25) is 0 Å². The Morgan fingerprint density at radius 3 is 2.22 bits per heavy atom. The maximum Gasteiger partial charge on any atom is 0.0659 e. The van der Waals surface area contributed by atoms with Gasteiger partial charge in [0.1, 0.15) is 0 Å². The van der Waals surface area contributed by atoms with Crippen molar-refractivity contribution in [3.8, 4) is 0 Å². The SMILES string of the molecule is CCC(CN)(COC)N(CCOC)C(C)COC. The Kier molecular flexibility index (Phi) is 9.59. The normalized spacial score (nSPS) is 16.8. The first-order valence-corrected chi connectivity index (χ1v) is 6.55. The van der Waals surface area contributed by atoms with E-state index in [-0.39, 0.29) is 11.6 Å². The van der Waals surface area contributed by atoms with Crippen molar-refractivity contribution in [2.24, 2.45) is 5.73 Å². The van der Waals surface area contributed by atoms with Crippen molar-refractivity contribution < 1.29 is 14.2 Å². The Bertz CT molecular complexity index is 199. The summed E-state index contributed by atoms with van der Waals surface area (Å²) in [5, 5.41) is 0. The van der Waals surface area contributed by atoms with Crippen LogP contribution in [0.4, 0.5) is 0 Å². The second kappa shape index (κ2) is 9.69. The average molecular weight is 262 g/mol. The lowest BCUT2D eigenvalue weighted by Crippen LogP contribution is -2.61. The van der Waals surface area contributed by atoms with Crippen LogP contribution in [0.3, 0.4) is 0 Å². The predicted octanol–water partition coefficient (Wildman–Crippen LogP) is 0.724. The van der Waals surface area contributed by atoms with Crippen LogP contribution < -0.4 is 5.73 Å². The molecule has 0 saturated carbocycles. The molecule has 5 nitrogen and oxygen atoms in total. The van der Waals surface area contributed by atoms with Gasteiger partial charge < -0.3 is 19.9 Å². The van der Waals surface area contributed by atoms with Crippen molar-refractivity contribution in [1.29, 1.82) is 0 Å². The van der Waals surface area contributed by atoms with Gasteiger partial charge >= 0.3 is 0 Å². The third kappa shape index (κ3) is 4.82. The molecule has 0 aromatic carbocycles. The third-order valence-electron chi connectivity index (χ3n) is 3.54. The molecule has 0 radical (unpaired) electrons. The maximum absolute atomic E-state index is 6.01. The molecule has 0 aliphatic rings. The molecule has 2 N–H and O–H groups in total. The van der Waals surface area contributed by atoms with Crippen molar-refractivity contribution in [2.45, 2.75) is 31.8 Å². The third-order valence-corrected chi connectivity index (χ3v) is 3.54. The molecule has 5 heteroatoms. The number of ether oxygens (including phenoxy) is 3. The van der Waals surface area contributed by atoms with Crippen LogP contribution in [0.15, 0.2) is 0 Å². The van der Waals surface area contributed by atoms with E-state index in [0.717, 1.165) is 13.0 Å². The van der Waals surface area contributed by atoms with Crippen LogP contribution in [-0.2, 0) is 14.2 Å². The first-order chi connectivity index (χ1) is 8.61. The minimum atomic E-state index is -0.148. The zero-order valence-corrected chi connectivity index (χ0v) is 12.6. The molecule has 0 rings (SSSR count). The first kappa shape index (κ1) is 17.8. The summed E-state index contributed by atoms with van der Waals surface area (Å²) in [6.07, 6.45) is 0.940. The van der Waals surface area contributed by atoms with Gasteiger partial charge in [-0.25, -0.2) is 0 Å². The summed E-state index contributed by atoms with van der Waals surface area (Å²) in [5.41, 5.74) is 5.86. The van der Waals surface area contributed by atoms with E-state index in [4.69, 9.17) is 19.9 Å². The first-order valence-electron chi connectivity index (χ1n) is 6.55. The smallest absolute Gasteiger partial charge is 0.0659 e. The van der Waals surface area contributed by atoms with Gasteiger partial charge in [0.05, 0.1) is 25.4 Å². The van der Waals surface area contributed by atoms with Gasteiger partial charge in [0.2, 0.25) is 0 Å². The molecule has 0 heterocycles. The Morgan fingerprint density at radius 1 is 1.17 bits per heavy atom. The second-order valence-electron chi connectivity index (χ2n) is 4.71. The highest BCUT2D eigenvalue weighted by molar-refractivity contribution is 4.93. The highest BCUT2D eigenvalue weighted by Gasteiger charge is 2.36. The van der Waals surface area contributed by atoms with E-state index in [1.54, 1.807) is 21.3 Å². The Morgan fingerprint density at radius 2 is 1.83 bits per heavy atom. The summed E-state index contributed by atoms with van der Waals surface area (Å²) in [6.45, 7) is 7.66. The van der Waals surface area contributed by atoms with Crippen LogP contribution in [0, 0.1) is 0 Å². The quantitative estimate of drug-likeness (QED) is 0.595. The molecule has 0 aliphatic heterocycles. The monoisotopic (exact) mass is 262 g/mol. The fraction of sp³-hybridized carbons (Fsp3) is 1.00. The number of nitrogens with zero attached hydrogens (tertiary/aromatic N) is 1. The lowest BCUT2D eigenvalue weighted by Gasteiger charge is -2.45. The summed E-state index contributed by atoms with van der Waals surface area (Å²) in [6, 6.07) is 0.281. The molecular formula is C13H30N2O3. The molecule has 0 bridgehead atoms. The van der Waals surface area contributed by atoms with E-state index in [1.165, 1.54) is 0 Å². The molecule has 0 aromatic rings. The van der Waals surface area contributed by atoms with Gasteiger partial charge in [-0.2, -0.15) is 0 Å². The van der Waals surface area contributed by atoms with Crippen LogP contribution >= 0.6 is 0 Å². The molecule has 2 atom stereocenters. The molecule has 110 valence electrons. The zero-order chi connectivity index (χ0) is 14.0. The number of hydrogen-bond donors (Lipinski definition) is 1. The van der Waals surface area contributed by atoms with Crippen molar-refractivity contribution in [3.63, 3.8) is 0 Å². The Hall–Kier alpha value is -0.200. The van der Waals surface area contributed by atoms with Gasteiger partial charge in [-0.05, 0) is 13.3 Å². The van der Waals surface area contributed by atoms with E-state index in [9.17, 15) is 0 Å². The number of rotatable bonds is 11. The summed E-state index contributed by atoms with van der Waals surface area (Å²) >= 11 is 0. The lowest BCUT2D eigenvalue weighted by molar-refractivity contribution is -0.0399. The predicted molar refractivity (Wildman–Crippen MR) is 73.9 cm³/mol. The topological polar surface area (TPSA) is 57.0 Å². The molecule has 2 unspecified atom stereocenters. The van der Waals surface area contributed by atoms with E-state index in [0.29, 0.717) is 26.4 Å². The molecule has 0 saturated heterocycles. The number of methoxy groups -OCH3 is 3. The standard InChI is InChI=1S/C13H30N2O3/c1-6-13(10-14,11-18-5)15(7-8-16-3)12(2)9-17-4/h12H,6-11,14H2,1-5H3. The maximum atomic E-state index is 6.01. The fourth-order valence-electron chi connectivity index (χ4n) is 2.42. The Balaban J connectivity index is 4.94. The summed E-state index contributed by atoms with van der Waals surface area (Å²) in [5.74, 6) is 0. The highest BCUT2D eigenvalue weighted by atomic mass is 16.5. The van der Waals surface area contributed by atoms with Crippen LogP contribution in [0.1, 0.15) is 20.3 Å².